The number of amides is 2. The average Bonchev–Trinajstić information content (AvgIpc) is 3.40. The van der Waals surface area contributed by atoms with E-state index in [2.05, 4.69) is 10.6 Å². The highest BCUT2D eigenvalue weighted by atomic mass is 16.2. The maximum atomic E-state index is 14.4. The molecule has 40 heavy (non-hydrogen) atoms. The molecule has 2 N–H and O–H groups in total. The Hall–Kier alpha value is -4.55. The molecule has 0 unspecified atom stereocenters. The van der Waals surface area contributed by atoms with Crippen molar-refractivity contribution in [2.75, 3.05) is 17.3 Å². The molecule has 6 heteroatoms. The van der Waals surface area contributed by atoms with Crippen LogP contribution in [0.3, 0.4) is 0 Å². The minimum atomic E-state index is -0.753. The second-order valence-corrected chi connectivity index (χ2v) is 10.1. The third-order valence-electron chi connectivity index (χ3n) is 7.61. The van der Waals surface area contributed by atoms with Gasteiger partial charge in [-0.25, -0.2) is 0 Å². The second-order valence-electron chi connectivity index (χ2n) is 10.1. The van der Waals surface area contributed by atoms with E-state index < -0.39 is 18.0 Å². The van der Waals surface area contributed by atoms with Crippen LogP contribution in [0.4, 0.5) is 11.4 Å². The first-order valence-electron chi connectivity index (χ1n) is 13.6. The number of hydrogen-bond donors (Lipinski definition) is 2. The molecule has 1 heterocycles. The van der Waals surface area contributed by atoms with Crippen molar-refractivity contribution in [1.82, 2.24) is 5.32 Å². The van der Waals surface area contributed by atoms with Crippen molar-refractivity contribution in [3.63, 3.8) is 0 Å². The first-order valence-corrected chi connectivity index (χ1v) is 13.6. The second kappa shape index (κ2) is 12.1. The number of benzene rings is 4. The highest BCUT2D eigenvalue weighted by Gasteiger charge is 2.42. The van der Waals surface area contributed by atoms with Gasteiger partial charge in [0.2, 0.25) is 11.8 Å². The van der Waals surface area contributed by atoms with Gasteiger partial charge in [0.1, 0.15) is 6.04 Å². The summed E-state index contributed by atoms with van der Waals surface area (Å²) in [6.07, 6.45) is 0.429. The van der Waals surface area contributed by atoms with Crippen LogP contribution in [0.1, 0.15) is 30.4 Å². The Labute approximate surface area is 235 Å². The van der Waals surface area contributed by atoms with Gasteiger partial charge in [-0.05, 0) is 42.8 Å². The molecule has 0 saturated heterocycles. The smallest absolute Gasteiger partial charge is 0.247 e. The Bertz CT molecular complexity index is 1500. The van der Waals surface area contributed by atoms with Crippen molar-refractivity contribution in [2.24, 2.45) is 0 Å². The van der Waals surface area contributed by atoms with Gasteiger partial charge in [-0.2, -0.15) is 0 Å². The van der Waals surface area contributed by atoms with Gasteiger partial charge in [-0.15, -0.1) is 0 Å². The van der Waals surface area contributed by atoms with Gasteiger partial charge >= 0.3 is 0 Å². The maximum absolute atomic E-state index is 14.4. The number of ketones is 1. The number of carbonyl (C=O) groups is 3. The van der Waals surface area contributed by atoms with E-state index in [9.17, 15) is 14.4 Å². The number of likely N-dealkylation sites (N-methyl/N-ethyl adjacent to an activating group) is 1. The summed E-state index contributed by atoms with van der Waals surface area (Å²) in [5, 5.41) is 6.09. The molecule has 2 amide bonds. The van der Waals surface area contributed by atoms with E-state index in [4.69, 9.17) is 0 Å². The number of anilines is 2. The fourth-order valence-electron chi connectivity index (χ4n) is 5.29. The van der Waals surface area contributed by atoms with E-state index in [-0.39, 0.29) is 24.0 Å². The largest absolute Gasteiger partial charge is 0.324 e. The molecule has 3 atom stereocenters. The first kappa shape index (κ1) is 27.0. The van der Waals surface area contributed by atoms with Crippen LogP contribution in [0, 0.1) is 0 Å². The Kier molecular flexibility index (Phi) is 8.18. The van der Waals surface area contributed by atoms with Gasteiger partial charge in [-0.1, -0.05) is 97.1 Å². The lowest BCUT2D eigenvalue weighted by atomic mass is 9.90. The SMILES string of the molecule is CN[C@@H](C)C(=O)C[C@H](C(=O)N1c2ccccc2C[C@H]1C(=O)Nc1ccccc1-c1ccccc1)c1ccccc1. The molecule has 0 radical (unpaired) electrons. The lowest BCUT2D eigenvalue weighted by Crippen LogP contribution is -2.48. The Morgan fingerprint density at radius 3 is 2.17 bits per heavy atom. The fraction of sp³-hybridized carbons (Fsp3) is 0.206. The van der Waals surface area contributed by atoms with E-state index in [0.717, 1.165) is 22.3 Å². The topological polar surface area (TPSA) is 78.5 Å². The molecule has 0 bridgehead atoms. The molecule has 4 aromatic carbocycles. The monoisotopic (exact) mass is 531 g/mol. The number of para-hydroxylation sites is 2. The number of rotatable bonds is 9. The Morgan fingerprint density at radius 2 is 1.45 bits per heavy atom. The van der Waals surface area contributed by atoms with Gasteiger partial charge in [-0.3, -0.25) is 19.3 Å². The van der Waals surface area contributed by atoms with Crippen LogP contribution in [0.15, 0.2) is 109 Å². The first-order chi connectivity index (χ1) is 19.5. The van der Waals surface area contributed by atoms with E-state index >= 15 is 0 Å². The minimum Gasteiger partial charge on any atom is -0.324 e. The molecular formula is C34H33N3O3. The molecule has 0 aromatic heterocycles. The summed E-state index contributed by atoms with van der Waals surface area (Å²) in [6.45, 7) is 1.79. The quantitative estimate of drug-likeness (QED) is 0.295. The van der Waals surface area contributed by atoms with Crippen molar-refractivity contribution >= 4 is 29.0 Å². The lowest BCUT2D eigenvalue weighted by Gasteiger charge is -2.29. The fourth-order valence-corrected chi connectivity index (χ4v) is 5.29. The van der Waals surface area contributed by atoms with E-state index in [1.165, 1.54) is 0 Å². The van der Waals surface area contributed by atoms with Crippen molar-refractivity contribution in [3.05, 3.63) is 120 Å². The molecule has 0 spiro atoms. The van der Waals surface area contributed by atoms with Gasteiger partial charge in [0, 0.05) is 29.8 Å². The van der Waals surface area contributed by atoms with Crippen molar-refractivity contribution in [3.8, 4) is 11.1 Å². The normalized spacial score (nSPS) is 15.7. The van der Waals surface area contributed by atoms with E-state index in [0.29, 0.717) is 17.8 Å². The average molecular weight is 532 g/mol. The zero-order valence-corrected chi connectivity index (χ0v) is 22.7. The summed E-state index contributed by atoms with van der Waals surface area (Å²) < 4.78 is 0. The number of nitrogens with zero attached hydrogens (tertiary/aromatic N) is 1. The van der Waals surface area contributed by atoms with Gasteiger partial charge in [0.25, 0.3) is 0 Å². The maximum Gasteiger partial charge on any atom is 0.247 e. The third kappa shape index (κ3) is 5.58. The Morgan fingerprint density at radius 1 is 0.825 bits per heavy atom. The highest BCUT2D eigenvalue weighted by Crippen LogP contribution is 2.37. The molecule has 0 aliphatic carbocycles. The van der Waals surface area contributed by atoms with E-state index in [1.807, 2.05) is 109 Å². The Balaban J connectivity index is 1.49. The molecule has 0 fully saturated rings. The van der Waals surface area contributed by atoms with Gasteiger partial charge < -0.3 is 10.6 Å². The number of Topliss-reactive ketones (excluding diaryl/α,β-unsaturated/α-hetero) is 1. The number of fused-ring (bicyclic) bond motifs is 1. The molecule has 4 aromatic rings. The number of nitrogens with one attached hydrogen (secondary N) is 2. The standard InChI is InChI=1S/C34H33N3O3/c1-23(35-2)32(38)22-28(25-15-7-4-8-16-25)34(40)37-30-20-12-9-17-26(30)21-31(37)33(39)36-29-19-11-10-18-27(29)24-13-5-3-6-14-24/h3-20,23,28,31,35H,21-22H2,1-2H3,(H,36,39)/t23-,28-,31-/m0/s1. The van der Waals surface area contributed by atoms with Gasteiger partial charge in [0.15, 0.2) is 5.78 Å². The summed E-state index contributed by atoms with van der Waals surface area (Å²) in [7, 11) is 1.73. The predicted molar refractivity (Wildman–Crippen MR) is 159 cm³/mol. The van der Waals surface area contributed by atoms with Crippen molar-refractivity contribution < 1.29 is 14.4 Å². The zero-order valence-electron chi connectivity index (χ0n) is 22.7. The summed E-state index contributed by atoms with van der Waals surface area (Å²) >= 11 is 0. The molecule has 6 nitrogen and oxygen atoms in total. The molecule has 1 aliphatic heterocycles. The number of carbonyl (C=O) groups excluding carboxylic acids is 3. The van der Waals surface area contributed by atoms with Crippen LogP contribution >= 0.6 is 0 Å². The summed E-state index contributed by atoms with van der Waals surface area (Å²) in [5.41, 5.74) is 4.95. The van der Waals surface area contributed by atoms with Crippen LogP contribution < -0.4 is 15.5 Å². The summed E-state index contributed by atoms with van der Waals surface area (Å²) in [4.78, 5) is 43.0. The third-order valence-corrected chi connectivity index (χ3v) is 7.61. The van der Waals surface area contributed by atoms with Crippen LogP contribution in [0.2, 0.25) is 0 Å². The lowest BCUT2D eigenvalue weighted by molar-refractivity contribution is -0.127. The zero-order chi connectivity index (χ0) is 28.1. The van der Waals surface area contributed by atoms with Crippen molar-refractivity contribution in [1.29, 1.82) is 0 Å². The van der Waals surface area contributed by atoms with Gasteiger partial charge in [0.05, 0.1) is 12.0 Å². The highest BCUT2D eigenvalue weighted by molar-refractivity contribution is 6.10. The molecule has 0 saturated carbocycles. The van der Waals surface area contributed by atoms with Crippen LogP contribution in [-0.4, -0.2) is 36.7 Å². The summed E-state index contributed by atoms with van der Waals surface area (Å²) in [5.74, 6) is -1.31. The predicted octanol–water partition coefficient (Wildman–Crippen LogP) is 5.60. The molecule has 5 rings (SSSR count). The summed E-state index contributed by atoms with van der Waals surface area (Å²) in [6, 6.07) is 33.4. The molecule has 202 valence electrons. The van der Waals surface area contributed by atoms with Crippen LogP contribution in [0.5, 0.6) is 0 Å². The van der Waals surface area contributed by atoms with Crippen molar-refractivity contribution in [2.45, 2.75) is 37.8 Å². The van der Waals surface area contributed by atoms with Crippen LogP contribution in [-0.2, 0) is 20.8 Å². The number of hydrogen-bond acceptors (Lipinski definition) is 4. The van der Waals surface area contributed by atoms with Crippen LogP contribution in [0.25, 0.3) is 11.1 Å². The molecular weight excluding hydrogens is 498 g/mol. The van der Waals surface area contributed by atoms with E-state index in [1.54, 1.807) is 18.9 Å². The minimum absolute atomic E-state index is 0.0364. The molecule has 1 aliphatic rings.